The van der Waals surface area contributed by atoms with Crippen LogP contribution >= 0.6 is 31.9 Å². The minimum atomic E-state index is 0.410. The molecule has 1 aliphatic carbocycles. The fourth-order valence-corrected chi connectivity index (χ4v) is 5.13. The molecule has 1 fully saturated rings. The molecule has 0 amide bonds. The Bertz CT molecular complexity index is 196. The lowest BCUT2D eigenvalue weighted by Crippen LogP contribution is -2.34. The molecular weight excluding hydrogens is 344 g/mol. The van der Waals surface area contributed by atoms with Crippen molar-refractivity contribution in [2.45, 2.75) is 46.0 Å². The fourth-order valence-electron chi connectivity index (χ4n) is 2.72. The van der Waals surface area contributed by atoms with E-state index < -0.39 is 0 Å². The van der Waals surface area contributed by atoms with Gasteiger partial charge < -0.3 is 4.74 Å². The summed E-state index contributed by atoms with van der Waals surface area (Å²) < 4.78 is 5.77. The largest absolute Gasteiger partial charge is 0.381 e. The first-order chi connectivity index (χ1) is 8.14. The van der Waals surface area contributed by atoms with Gasteiger partial charge >= 0.3 is 0 Å². The summed E-state index contributed by atoms with van der Waals surface area (Å²) in [5, 5.41) is 2.20. The van der Waals surface area contributed by atoms with Gasteiger partial charge in [0.1, 0.15) is 0 Å². The Kier molecular flexibility index (Phi) is 7.67. The van der Waals surface area contributed by atoms with Gasteiger partial charge in [-0.3, -0.25) is 0 Å². The first-order valence-corrected chi connectivity index (χ1v) is 9.08. The van der Waals surface area contributed by atoms with Crippen molar-refractivity contribution in [3.05, 3.63) is 0 Å². The number of hydrogen-bond acceptors (Lipinski definition) is 1. The van der Waals surface area contributed by atoms with Gasteiger partial charge in [-0.2, -0.15) is 0 Å². The lowest BCUT2D eigenvalue weighted by molar-refractivity contribution is 0.0715. The first kappa shape index (κ1) is 16.0. The topological polar surface area (TPSA) is 9.23 Å². The molecule has 1 nitrogen and oxygen atoms in total. The van der Waals surface area contributed by atoms with Gasteiger partial charge in [-0.25, -0.2) is 0 Å². The third-order valence-corrected chi connectivity index (χ3v) is 6.18. The van der Waals surface area contributed by atoms with E-state index in [9.17, 15) is 0 Å². The van der Waals surface area contributed by atoms with Crippen molar-refractivity contribution < 1.29 is 4.74 Å². The molecule has 0 unspecified atom stereocenters. The van der Waals surface area contributed by atoms with E-state index in [1.54, 1.807) is 0 Å². The van der Waals surface area contributed by atoms with Crippen LogP contribution in [-0.2, 0) is 4.74 Å². The average molecular weight is 370 g/mol. The van der Waals surface area contributed by atoms with Crippen molar-refractivity contribution in [1.29, 1.82) is 0 Å². The van der Waals surface area contributed by atoms with Gasteiger partial charge in [-0.15, -0.1) is 0 Å². The highest BCUT2D eigenvalue weighted by molar-refractivity contribution is 9.09. The Balaban J connectivity index is 2.40. The van der Waals surface area contributed by atoms with E-state index in [2.05, 4.69) is 45.7 Å². The average Bonchev–Trinajstić information content (AvgIpc) is 2.84. The molecule has 0 aromatic heterocycles. The minimum absolute atomic E-state index is 0.410. The summed E-state index contributed by atoms with van der Waals surface area (Å²) in [5.41, 5.74) is 0.410. The Labute approximate surface area is 123 Å². The lowest BCUT2D eigenvalue weighted by atomic mass is 9.75. The molecule has 0 bridgehead atoms. The third kappa shape index (κ3) is 4.83. The van der Waals surface area contributed by atoms with E-state index in [1.807, 2.05) is 0 Å². The summed E-state index contributed by atoms with van der Waals surface area (Å²) in [6.45, 7) is 6.22. The monoisotopic (exact) mass is 368 g/mol. The molecule has 1 rings (SSSR count). The maximum absolute atomic E-state index is 5.77. The zero-order valence-electron chi connectivity index (χ0n) is 11.2. The van der Waals surface area contributed by atoms with E-state index in [0.717, 1.165) is 29.8 Å². The molecule has 0 aromatic rings. The van der Waals surface area contributed by atoms with Gasteiger partial charge in [0.15, 0.2) is 0 Å². The predicted octanol–water partition coefficient (Wildman–Crippen LogP) is 5.02. The highest BCUT2D eigenvalue weighted by Gasteiger charge is 2.38. The Hall–Kier alpha value is 0.920. The van der Waals surface area contributed by atoms with Crippen LogP contribution in [0.4, 0.5) is 0 Å². The van der Waals surface area contributed by atoms with Crippen LogP contribution in [0, 0.1) is 17.3 Å². The molecule has 1 aliphatic rings. The maximum atomic E-state index is 5.77. The van der Waals surface area contributed by atoms with Crippen molar-refractivity contribution in [3.63, 3.8) is 0 Å². The smallest absolute Gasteiger partial charge is 0.0488 e. The molecule has 0 radical (unpaired) electrons. The molecule has 0 atom stereocenters. The number of ether oxygens (including phenoxy) is 1. The molecule has 0 aliphatic heterocycles. The molecule has 17 heavy (non-hydrogen) atoms. The predicted molar refractivity (Wildman–Crippen MR) is 82.3 cm³/mol. The van der Waals surface area contributed by atoms with E-state index in [-0.39, 0.29) is 0 Å². The molecule has 102 valence electrons. The van der Waals surface area contributed by atoms with Gasteiger partial charge in [-0.1, -0.05) is 58.5 Å². The van der Waals surface area contributed by atoms with Gasteiger partial charge in [0.05, 0.1) is 0 Å². The van der Waals surface area contributed by atoms with Gasteiger partial charge in [0, 0.05) is 23.9 Å². The van der Waals surface area contributed by atoms with Gasteiger partial charge in [0.2, 0.25) is 0 Å². The SMILES string of the molecule is CC(C)COCCC(CBr)(CBr)C1CCCC1. The van der Waals surface area contributed by atoms with Crippen LogP contribution in [0.15, 0.2) is 0 Å². The molecule has 0 N–H and O–H groups in total. The molecule has 0 aromatic carbocycles. The van der Waals surface area contributed by atoms with Crippen LogP contribution in [0.1, 0.15) is 46.0 Å². The van der Waals surface area contributed by atoms with E-state index in [1.165, 1.54) is 32.1 Å². The highest BCUT2D eigenvalue weighted by atomic mass is 79.9. The second-order valence-electron chi connectivity index (χ2n) is 5.83. The van der Waals surface area contributed by atoms with Crippen LogP contribution in [0.2, 0.25) is 0 Å². The lowest BCUT2D eigenvalue weighted by Gasteiger charge is -2.36. The summed E-state index contributed by atoms with van der Waals surface area (Å²) in [6.07, 6.45) is 6.82. The Morgan fingerprint density at radius 2 is 1.76 bits per heavy atom. The van der Waals surface area contributed by atoms with Crippen molar-refractivity contribution >= 4 is 31.9 Å². The first-order valence-electron chi connectivity index (χ1n) is 6.84. The van der Waals surface area contributed by atoms with Gasteiger partial charge in [0.25, 0.3) is 0 Å². The van der Waals surface area contributed by atoms with E-state index in [4.69, 9.17) is 4.74 Å². The fraction of sp³-hybridized carbons (Fsp3) is 1.00. The molecular formula is C14H26Br2O. The molecule has 3 heteroatoms. The van der Waals surface area contributed by atoms with Crippen molar-refractivity contribution in [1.82, 2.24) is 0 Å². The summed E-state index contributed by atoms with van der Waals surface area (Å²) in [7, 11) is 0. The standard InChI is InChI=1S/C14H26Br2O/c1-12(2)9-17-8-7-14(10-15,11-16)13-5-3-4-6-13/h12-13H,3-11H2,1-2H3. The van der Waals surface area contributed by atoms with Crippen molar-refractivity contribution in [3.8, 4) is 0 Å². The van der Waals surface area contributed by atoms with E-state index >= 15 is 0 Å². The highest BCUT2D eigenvalue weighted by Crippen LogP contribution is 2.44. The van der Waals surface area contributed by atoms with Gasteiger partial charge in [-0.05, 0) is 36.5 Å². The van der Waals surface area contributed by atoms with Crippen LogP contribution in [0.3, 0.4) is 0 Å². The molecule has 1 saturated carbocycles. The maximum Gasteiger partial charge on any atom is 0.0488 e. The minimum Gasteiger partial charge on any atom is -0.381 e. The third-order valence-electron chi connectivity index (χ3n) is 3.95. The van der Waals surface area contributed by atoms with Crippen LogP contribution in [-0.4, -0.2) is 23.9 Å². The second-order valence-corrected chi connectivity index (χ2v) is 6.95. The summed E-state index contributed by atoms with van der Waals surface area (Å²) >= 11 is 7.48. The number of alkyl halides is 2. The van der Waals surface area contributed by atoms with Crippen molar-refractivity contribution in [2.24, 2.45) is 17.3 Å². The summed E-state index contributed by atoms with van der Waals surface area (Å²) in [4.78, 5) is 0. The second kappa shape index (κ2) is 8.16. The van der Waals surface area contributed by atoms with Crippen LogP contribution < -0.4 is 0 Å². The Morgan fingerprint density at radius 1 is 1.18 bits per heavy atom. The Morgan fingerprint density at radius 3 is 2.24 bits per heavy atom. The summed E-state index contributed by atoms with van der Waals surface area (Å²) in [5.74, 6) is 1.52. The molecule has 0 heterocycles. The zero-order valence-corrected chi connectivity index (χ0v) is 14.4. The van der Waals surface area contributed by atoms with E-state index in [0.29, 0.717) is 11.3 Å². The number of halogens is 2. The van der Waals surface area contributed by atoms with Crippen molar-refractivity contribution in [2.75, 3.05) is 23.9 Å². The van der Waals surface area contributed by atoms with Crippen LogP contribution in [0.5, 0.6) is 0 Å². The summed E-state index contributed by atoms with van der Waals surface area (Å²) in [6, 6.07) is 0. The number of rotatable bonds is 8. The van der Waals surface area contributed by atoms with Crippen LogP contribution in [0.25, 0.3) is 0 Å². The molecule has 0 saturated heterocycles. The zero-order chi connectivity index (χ0) is 12.7. The molecule has 0 spiro atoms. The quantitative estimate of drug-likeness (QED) is 0.431. The normalized spacial score (nSPS) is 18.2. The number of hydrogen-bond donors (Lipinski definition) is 0.